The van der Waals surface area contributed by atoms with Gasteiger partial charge in [-0.2, -0.15) is 0 Å². The highest BCUT2D eigenvalue weighted by Crippen LogP contribution is 2.20. The Balaban J connectivity index is 1.97. The van der Waals surface area contributed by atoms with E-state index in [1.54, 1.807) is 0 Å². The summed E-state index contributed by atoms with van der Waals surface area (Å²) in [7, 11) is 0. The van der Waals surface area contributed by atoms with E-state index in [4.69, 9.17) is 6.42 Å². The third kappa shape index (κ3) is 2.37. The molecule has 1 heterocycles. The first-order valence-electron chi connectivity index (χ1n) is 6.50. The third-order valence-electron chi connectivity index (χ3n) is 3.32. The molecule has 0 bridgehead atoms. The Bertz CT molecular complexity index is 862. The summed E-state index contributed by atoms with van der Waals surface area (Å²) in [5, 5.41) is 3.83. The van der Waals surface area contributed by atoms with E-state index < -0.39 is 0 Å². The molecule has 2 aromatic carbocycles. The summed E-state index contributed by atoms with van der Waals surface area (Å²) >= 11 is 0. The number of terminal acetylenes is 1. The van der Waals surface area contributed by atoms with Crippen molar-refractivity contribution in [2.24, 2.45) is 0 Å². The molecule has 0 saturated heterocycles. The van der Waals surface area contributed by atoms with Crippen LogP contribution in [0.1, 0.15) is 5.56 Å². The van der Waals surface area contributed by atoms with Gasteiger partial charge >= 0.3 is 5.69 Å². The van der Waals surface area contributed by atoms with Gasteiger partial charge in [0.15, 0.2) is 0 Å². The fourth-order valence-electron chi connectivity index (χ4n) is 2.13. The lowest BCUT2D eigenvalue weighted by molar-refractivity contribution is 0.861. The first kappa shape index (κ1) is 12.9. The van der Waals surface area contributed by atoms with Crippen molar-refractivity contribution in [3.05, 3.63) is 70.9 Å². The topological polar surface area (TPSA) is 39.8 Å². The predicted molar refractivity (Wildman–Crippen MR) is 82.2 cm³/mol. The Labute approximate surface area is 122 Å². The van der Waals surface area contributed by atoms with Gasteiger partial charge < -0.3 is 0 Å². The first-order valence-corrected chi connectivity index (χ1v) is 6.50. The Morgan fingerprint density at radius 2 is 1.57 bits per heavy atom. The molecule has 0 N–H and O–H groups in total. The van der Waals surface area contributed by atoms with Gasteiger partial charge in [0.05, 0.1) is 5.69 Å². The maximum Gasteiger partial charge on any atom is 0.362 e. The number of aromatic nitrogens is 3. The van der Waals surface area contributed by atoms with Crippen molar-refractivity contribution >= 4 is 0 Å². The number of nitrogens with zero attached hydrogens (tertiary/aromatic N) is 3. The maximum absolute atomic E-state index is 11.9. The standard InChI is InChI=1S/C17H13N3O/c1-3-20-17(21)19(12-18-20)16-10-8-15(9-11-16)14-6-4-13(2)5-7-14/h1,4-12H,2H3. The number of rotatable bonds is 2. The number of benzene rings is 2. The molecule has 0 atom stereocenters. The van der Waals surface area contributed by atoms with Crippen LogP contribution in [-0.2, 0) is 0 Å². The van der Waals surface area contributed by atoms with E-state index in [9.17, 15) is 4.79 Å². The minimum absolute atomic E-state index is 0.347. The maximum atomic E-state index is 11.9. The van der Waals surface area contributed by atoms with E-state index in [0.29, 0.717) is 0 Å². The Morgan fingerprint density at radius 3 is 2.10 bits per heavy atom. The summed E-state index contributed by atoms with van der Waals surface area (Å²) in [6, 6.07) is 18.2. The van der Waals surface area contributed by atoms with Gasteiger partial charge in [0.2, 0.25) is 0 Å². The molecule has 0 saturated carbocycles. The zero-order valence-electron chi connectivity index (χ0n) is 11.5. The van der Waals surface area contributed by atoms with Crippen molar-refractivity contribution in [1.29, 1.82) is 0 Å². The monoisotopic (exact) mass is 275 g/mol. The van der Waals surface area contributed by atoms with Crippen molar-refractivity contribution in [3.63, 3.8) is 0 Å². The molecule has 3 aromatic rings. The average molecular weight is 275 g/mol. The van der Waals surface area contributed by atoms with Crippen molar-refractivity contribution in [2.75, 3.05) is 0 Å². The van der Waals surface area contributed by atoms with Gasteiger partial charge in [-0.05, 0) is 30.2 Å². The Morgan fingerprint density at radius 1 is 1.00 bits per heavy atom. The van der Waals surface area contributed by atoms with Crippen molar-refractivity contribution in [1.82, 2.24) is 14.3 Å². The van der Waals surface area contributed by atoms with Crippen LogP contribution in [0.25, 0.3) is 16.8 Å². The largest absolute Gasteiger partial charge is 0.362 e. The van der Waals surface area contributed by atoms with Gasteiger partial charge in [-0.25, -0.2) is 9.36 Å². The molecule has 0 aliphatic heterocycles. The normalized spacial score (nSPS) is 10.3. The van der Waals surface area contributed by atoms with Crippen LogP contribution in [0.3, 0.4) is 0 Å². The molecular weight excluding hydrogens is 262 g/mol. The lowest BCUT2D eigenvalue weighted by Gasteiger charge is -2.04. The molecule has 0 spiro atoms. The summed E-state index contributed by atoms with van der Waals surface area (Å²) < 4.78 is 2.38. The van der Waals surface area contributed by atoms with Crippen LogP contribution in [0, 0.1) is 19.4 Å². The lowest BCUT2D eigenvalue weighted by atomic mass is 10.0. The molecule has 1 aromatic heterocycles. The highest BCUT2D eigenvalue weighted by Gasteiger charge is 2.05. The predicted octanol–water partition coefficient (Wildman–Crippen LogP) is 2.45. The molecule has 4 heteroatoms. The van der Waals surface area contributed by atoms with Crippen molar-refractivity contribution in [3.8, 4) is 29.3 Å². The van der Waals surface area contributed by atoms with E-state index in [1.807, 2.05) is 24.3 Å². The Kier molecular flexibility index (Phi) is 3.17. The van der Waals surface area contributed by atoms with E-state index in [1.165, 1.54) is 16.5 Å². The lowest BCUT2D eigenvalue weighted by Crippen LogP contribution is -2.21. The quantitative estimate of drug-likeness (QED) is 0.674. The minimum Gasteiger partial charge on any atom is -0.249 e. The van der Waals surface area contributed by atoms with E-state index >= 15 is 0 Å². The second kappa shape index (κ2) is 5.14. The average Bonchev–Trinajstić information content (AvgIpc) is 2.89. The molecule has 0 unspecified atom stereocenters. The van der Waals surface area contributed by atoms with Gasteiger partial charge in [-0.15, -0.1) is 9.78 Å². The van der Waals surface area contributed by atoms with E-state index in [-0.39, 0.29) is 5.69 Å². The minimum atomic E-state index is -0.347. The Hall–Kier alpha value is -3.06. The second-order valence-corrected chi connectivity index (χ2v) is 4.74. The fourth-order valence-corrected chi connectivity index (χ4v) is 2.13. The fraction of sp³-hybridized carbons (Fsp3) is 0.0588. The van der Waals surface area contributed by atoms with Gasteiger partial charge in [0, 0.05) is 6.04 Å². The summed E-state index contributed by atoms with van der Waals surface area (Å²) in [5.74, 6) is 0. The summed E-state index contributed by atoms with van der Waals surface area (Å²) in [6.45, 7) is 2.06. The summed E-state index contributed by atoms with van der Waals surface area (Å²) in [6.07, 6.45) is 6.61. The first-order chi connectivity index (χ1) is 10.2. The van der Waals surface area contributed by atoms with Gasteiger partial charge in [0.1, 0.15) is 6.33 Å². The van der Waals surface area contributed by atoms with Crippen LogP contribution in [0.4, 0.5) is 0 Å². The molecule has 21 heavy (non-hydrogen) atoms. The number of hydrogen-bond donors (Lipinski definition) is 0. The van der Waals surface area contributed by atoms with Crippen LogP contribution in [0.2, 0.25) is 0 Å². The van der Waals surface area contributed by atoms with Gasteiger partial charge in [-0.3, -0.25) is 0 Å². The molecule has 0 amide bonds. The number of aryl methyl sites for hydroxylation is 1. The molecule has 0 fully saturated rings. The summed E-state index contributed by atoms with van der Waals surface area (Å²) in [5.41, 5.74) is 3.84. The third-order valence-corrected chi connectivity index (χ3v) is 3.32. The van der Waals surface area contributed by atoms with E-state index in [0.717, 1.165) is 21.5 Å². The zero-order valence-corrected chi connectivity index (χ0v) is 11.5. The van der Waals surface area contributed by atoms with Crippen LogP contribution in [0.15, 0.2) is 59.7 Å². The SMILES string of the molecule is C#Cn1ncn(-c2ccc(-c3ccc(C)cc3)cc2)c1=O. The van der Waals surface area contributed by atoms with Crippen molar-refractivity contribution in [2.45, 2.75) is 6.92 Å². The van der Waals surface area contributed by atoms with Crippen LogP contribution in [-0.4, -0.2) is 14.3 Å². The molecule has 0 aliphatic rings. The number of hydrogen-bond acceptors (Lipinski definition) is 2. The zero-order chi connectivity index (χ0) is 14.8. The highest BCUT2D eigenvalue weighted by molar-refractivity contribution is 5.64. The molecule has 102 valence electrons. The van der Waals surface area contributed by atoms with E-state index in [2.05, 4.69) is 42.3 Å². The van der Waals surface area contributed by atoms with Crippen molar-refractivity contribution < 1.29 is 0 Å². The molecule has 0 radical (unpaired) electrons. The molecule has 3 rings (SSSR count). The van der Waals surface area contributed by atoms with Gasteiger partial charge in [0.25, 0.3) is 0 Å². The summed E-state index contributed by atoms with van der Waals surface area (Å²) in [4.78, 5) is 11.9. The smallest absolute Gasteiger partial charge is 0.249 e. The van der Waals surface area contributed by atoms with Crippen LogP contribution >= 0.6 is 0 Å². The molecule has 4 nitrogen and oxygen atoms in total. The molecule has 0 aliphatic carbocycles. The van der Waals surface area contributed by atoms with Crippen LogP contribution < -0.4 is 5.69 Å². The second-order valence-electron chi connectivity index (χ2n) is 4.74. The van der Waals surface area contributed by atoms with Gasteiger partial charge in [-0.1, -0.05) is 48.4 Å². The highest BCUT2D eigenvalue weighted by atomic mass is 16.2. The molecular formula is C17H13N3O. The van der Waals surface area contributed by atoms with Crippen LogP contribution in [0.5, 0.6) is 0 Å².